The third kappa shape index (κ3) is 33.7. The van der Waals surface area contributed by atoms with Crippen LogP contribution >= 0.6 is 154 Å². The number of aliphatic imine (C=N–C) groups is 2. The Labute approximate surface area is 812 Å². The number of aryl methyl sites for hydroxylation is 2. The van der Waals surface area contributed by atoms with Crippen molar-refractivity contribution in [3.05, 3.63) is 359 Å². The van der Waals surface area contributed by atoms with E-state index in [-0.39, 0.29) is 75.9 Å². The lowest BCUT2D eigenvalue weighted by Gasteiger charge is -2.22. The lowest BCUT2D eigenvalue weighted by molar-refractivity contribution is -0.385. The number of nitro benzene ring substituents is 1. The van der Waals surface area contributed by atoms with Crippen molar-refractivity contribution in [2.24, 2.45) is 25.3 Å². The van der Waals surface area contributed by atoms with Crippen molar-refractivity contribution in [1.82, 2.24) is 25.3 Å². The number of rotatable bonds is 19. The fourth-order valence-electron chi connectivity index (χ4n) is 10.5. The molecule has 0 saturated carbocycles. The number of pyridine rings is 4. The molecule has 0 aliphatic rings. The molecular formula is C90H75Br6Cl5F6N14O8. The third-order valence-electron chi connectivity index (χ3n) is 17.0. The van der Waals surface area contributed by atoms with Crippen LogP contribution in [-0.4, -0.2) is 87.4 Å². The fourth-order valence-corrected chi connectivity index (χ4v) is 15.7. The minimum absolute atomic E-state index is 0. The highest BCUT2D eigenvalue weighted by molar-refractivity contribution is 9.11. The number of carbonyl (C=O) groups is 1. The van der Waals surface area contributed by atoms with Gasteiger partial charge in [-0.15, -0.1) is 0 Å². The van der Waals surface area contributed by atoms with Crippen LogP contribution in [0.25, 0.3) is 10.9 Å². The van der Waals surface area contributed by atoms with E-state index in [2.05, 4.69) is 183 Å². The average Bonchev–Trinajstić information content (AvgIpc) is 0.807. The normalized spacial score (nSPS) is 11.3. The van der Waals surface area contributed by atoms with E-state index >= 15 is 0 Å². The van der Waals surface area contributed by atoms with Crippen molar-refractivity contribution in [2.75, 3.05) is 16.3 Å². The van der Waals surface area contributed by atoms with E-state index in [1.807, 2.05) is 98.0 Å². The molecular weight excluding hydrogens is 2180 g/mol. The molecule has 129 heavy (non-hydrogen) atoms. The summed E-state index contributed by atoms with van der Waals surface area (Å²) in [5.41, 5.74) is 15.8. The topological polar surface area (TPSA) is 323 Å². The number of fused-ring (bicyclic) bond motifs is 1. The summed E-state index contributed by atoms with van der Waals surface area (Å²) in [5.74, 6) is -0.215. The van der Waals surface area contributed by atoms with Crippen LogP contribution in [0.1, 0.15) is 111 Å². The summed E-state index contributed by atoms with van der Waals surface area (Å²) >= 11 is 49.4. The maximum atomic E-state index is 12.5. The van der Waals surface area contributed by atoms with Gasteiger partial charge in [-0.1, -0.05) is 195 Å². The summed E-state index contributed by atoms with van der Waals surface area (Å²) < 4.78 is 78.7. The van der Waals surface area contributed by atoms with E-state index < -0.39 is 34.2 Å². The standard InChI is InChI=1S/C16H17BrClN3.C16H12N4O3.C15H10Br2F3NO.C15H15ClN2O.C14H10Br2ClNO2.C13H7BrCl2F3N3O.CH4/c1-16(2,3)12-8-14(18)15(9-13(12)17)21-20-10-11-6-4-5-7-19-11;21-16-12(5-3-7-14(16)20(22)23)10-17-19-15-9-8-11-4-1-2-6-13(11)18-15;16-12-5-10(14(22)13(17)6-12)8-21-7-9-1-3-11(4-2-9)15(18,19)20;1-10-3-4-14(18-7-10)9-17-8-12-6-13(16)5-11(2)15(12)19;15-9-5-11(13(19)12(16)6-9)14(20)18-7-8-2-1-3-10(17)4-8;14-9-3-8(15)1-6(11(9)23)4-21-22-12-10(16)2-7(5-20-12)13(17,18)19;/h4-10,21H,1-3H3;1-10,21H,(H,18,19);1-6,8,22H,7H2;3-8,19H,9H2,1-2H3;1-6,19H,7H2,(H,18,20);1-5,23H,(H,20,22);1H4/b20-10+;17-10+;;;;21-4+;. The molecule has 13 aromatic rings. The van der Waals surface area contributed by atoms with E-state index in [9.17, 15) is 66.8 Å². The minimum Gasteiger partial charge on any atom is -0.507 e. The predicted octanol–water partition coefficient (Wildman–Crippen LogP) is 28.2. The number of nitro groups is 1. The molecule has 0 unspecified atom stereocenters. The SMILES string of the molecule is C.CC(C)(C)c1cc(Cl)c(N/N=C/c2ccccn2)cc1Br.Cc1ccc(CN=Cc2cc(Cl)cc(C)c2O)nc1.O=C(NCc1cccc(Cl)c1)c1cc(Br)cc(Br)c1O.O=[N+]([O-])c1cccc(/C=N/Nc2ccc3ccccc3n2)c1O.Oc1c(Br)cc(Br)cc1C=NCc1ccc(C(F)(F)F)cc1.Oc1c(Br)cc(Cl)cc1/C=N/Nc1ncc(C(F)(F)F)cc1Cl. The molecule has 1 amide bonds. The Kier molecular flexibility index (Phi) is 40.8. The molecule has 0 fully saturated rings. The first kappa shape index (κ1) is 105. The van der Waals surface area contributed by atoms with Crippen LogP contribution in [0.2, 0.25) is 25.1 Å². The zero-order valence-electron chi connectivity index (χ0n) is 67.2. The number of alkyl halides is 6. The maximum Gasteiger partial charge on any atom is 0.417 e. The summed E-state index contributed by atoms with van der Waals surface area (Å²) in [6.45, 7) is 11.3. The molecule has 4 aromatic heterocycles. The number of benzene rings is 9. The van der Waals surface area contributed by atoms with Gasteiger partial charge in [0.25, 0.3) is 5.91 Å². The van der Waals surface area contributed by atoms with Crippen LogP contribution in [0.4, 0.5) is 49.4 Å². The minimum atomic E-state index is -4.53. The molecule has 0 saturated heterocycles. The Morgan fingerprint density at radius 3 is 1.74 bits per heavy atom. The molecule has 13 rings (SSSR count). The summed E-state index contributed by atoms with van der Waals surface area (Å²) in [4.78, 5) is 47.0. The number of aromatic hydroxyl groups is 5. The second-order valence-corrected chi connectivity index (χ2v) is 35.1. The Morgan fingerprint density at radius 2 is 1.11 bits per heavy atom. The van der Waals surface area contributed by atoms with Crippen molar-refractivity contribution >= 4 is 224 Å². The maximum absolute atomic E-state index is 12.5. The van der Waals surface area contributed by atoms with E-state index in [0.29, 0.717) is 85.3 Å². The number of nitrogens with zero attached hydrogens (tertiary/aromatic N) is 10. The Hall–Kier alpha value is -10.6. The molecule has 0 atom stereocenters. The van der Waals surface area contributed by atoms with Crippen molar-refractivity contribution in [2.45, 2.75) is 79.4 Å². The van der Waals surface area contributed by atoms with Crippen LogP contribution in [0, 0.1) is 24.0 Å². The van der Waals surface area contributed by atoms with E-state index in [1.165, 1.54) is 61.1 Å². The zero-order valence-corrected chi connectivity index (χ0v) is 80.4. The lowest BCUT2D eigenvalue weighted by atomic mass is 9.87. The molecule has 0 radical (unpaired) electrons. The summed E-state index contributed by atoms with van der Waals surface area (Å²) in [5, 5.41) is 77.6. The number of amides is 1. The smallest absolute Gasteiger partial charge is 0.417 e. The summed E-state index contributed by atoms with van der Waals surface area (Å²) in [7, 11) is 0. The van der Waals surface area contributed by atoms with Gasteiger partial charge in [0.2, 0.25) is 5.75 Å². The first-order chi connectivity index (χ1) is 60.5. The van der Waals surface area contributed by atoms with Gasteiger partial charge in [-0.05, 0) is 228 Å². The van der Waals surface area contributed by atoms with Crippen LogP contribution in [0.5, 0.6) is 28.7 Å². The third-order valence-corrected chi connectivity index (χ3v) is 21.6. The van der Waals surface area contributed by atoms with Crippen LogP contribution in [-0.2, 0) is 37.4 Å². The molecule has 9 aromatic carbocycles. The Bertz CT molecular complexity index is 6240. The van der Waals surface area contributed by atoms with E-state index in [4.69, 9.17) is 58.0 Å². The Morgan fingerprint density at radius 1 is 0.504 bits per heavy atom. The molecule has 0 spiro atoms. The first-order valence-electron chi connectivity index (χ1n) is 37.0. The monoisotopic (exact) mass is 2240 g/mol. The number of carbonyl (C=O) groups excluding carboxylic acids is 1. The molecule has 22 nitrogen and oxygen atoms in total. The summed E-state index contributed by atoms with van der Waals surface area (Å²) in [6, 6.07) is 54.8. The van der Waals surface area contributed by atoms with Crippen molar-refractivity contribution < 1.29 is 61.6 Å². The quantitative estimate of drug-likeness (QED) is 0.0157. The molecule has 0 aliphatic heterocycles. The Balaban J connectivity index is 0.000000212. The molecule has 4 heterocycles. The van der Waals surface area contributed by atoms with Crippen molar-refractivity contribution in [3.63, 3.8) is 0 Å². The van der Waals surface area contributed by atoms with Gasteiger partial charge in [-0.25, -0.2) is 9.97 Å². The van der Waals surface area contributed by atoms with Gasteiger partial charge in [0.1, 0.15) is 28.8 Å². The number of anilines is 3. The predicted molar refractivity (Wildman–Crippen MR) is 525 cm³/mol. The van der Waals surface area contributed by atoms with Crippen LogP contribution < -0.4 is 21.6 Å². The lowest BCUT2D eigenvalue weighted by Crippen LogP contribution is -2.23. The number of nitrogens with one attached hydrogen (secondary N) is 4. The first-order valence-corrected chi connectivity index (χ1v) is 43.6. The number of phenols is 5. The van der Waals surface area contributed by atoms with Crippen molar-refractivity contribution in [1.29, 1.82) is 0 Å². The van der Waals surface area contributed by atoms with E-state index in [1.54, 1.807) is 80.1 Å². The molecule has 39 heteroatoms. The van der Waals surface area contributed by atoms with Crippen molar-refractivity contribution in [3.8, 4) is 28.7 Å². The van der Waals surface area contributed by atoms with Crippen LogP contribution in [0.3, 0.4) is 0 Å². The number of para-hydroxylation sites is 2. The second-order valence-electron chi connectivity index (χ2n) is 27.7. The highest BCUT2D eigenvalue weighted by Gasteiger charge is 2.32. The number of hydrogen-bond donors (Lipinski definition) is 9. The highest BCUT2D eigenvalue weighted by atomic mass is 79.9. The number of halogens is 17. The van der Waals surface area contributed by atoms with Gasteiger partial charge in [-0.3, -0.25) is 51.1 Å². The molecule has 0 bridgehead atoms. The fraction of sp³-hybridized carbons (Fsp3) is 0.133. The van der Waals surface area contributed by atoms with Crippen LogP contribution in [0.15, 0.2) is 271 Å². The molecule has 672 valence electrons. The summed E-state index contributed by atoms with van der Waals surface area (Å²) in [6.07, 6.45) is 2.58. The highest BCUT2D eigenvalue weighted by Crippen LogP contribution is 2.40. The van der Waals surface area contributed by atoms with Gasteiger partial charge >= 0.3 is 18.0 Å². The number of hydrogen-bond acceptors (Lipinski definition) is 20. The zero-order chi connectivity index (χ0) is 93.7. The number of phenolic OH excluding ortho intramolecular Hbond substituents is 5. The molecule has 9 N–H and O–H groups in total. The second kappa shape index (κ2) is 50.0. The molecule has 0 aliphatic carbocycles. The largest absolute Gasteiger partial charge is 0.507 e. The van der Waals surface area contributed by atoms with Gasteiger partial charge < -0.3 is 30.8 Å². The van der Waals surface area contributed by atoms with Gasteiger partial charge in [0, 0.05) is 99.8 Å². The van der Waals surface area contributed by atoms with Gasteiger partial charge in [0.15, 0.2) is 5.82 Å². The van der Waals surface area contributed by atoms with E-state index in [0.717, 1.165) is 77.4 Å². The average molecular weight is 2250 g/mol. The number of aromatic nitrogens is 4. The number of hydrazone groups is 3. The van der Waals surface area contributed by atoms with Gasteiger partial charge in [0.05, 0.1) is 99.4 Å². The van der Waals surface area contributed by atoms with Gasteiger partial charge in [-0.2, -0.15) is 41.6 Å².